The Bertz CT molecular complexity index is 1070. The minimum atomic E-state index is 0.314. The van der Waals surface area contributed by atoms with Crippen LogP contribution in [0.1, 0.15) is 11.4 Å². The molecule has 0 aliphatic carbocycles. The van der Waals surface area contributed by atoms with Crippen molar-refractivity contribution in [3.05, 3.63) is 53.2 Å². The van der Waals surface area contributed by atoms with Crippen LogP contribution in [-0.2, 0) is 13.1 Å². The van der Waals surface area contributed by atoms with E-state index >= 15 is 0 Å². The van der Waals surface area contributed by atoms with Gasteiger partial charge in [0.25, 0.3) is 0 Å². The van der Waals surface area contributed by atoms with Crippen LogP contribution in [0.4, 0.5) is 11.8 Å². The summed E-state index contributed by atoms with van der Waals surface area (Å²) < 4.78 is 2.21. The third-order valence-corrected chi connectivity index (χ3v) is 6.34. The lowest BCUT2D eigenvalue weighted by Crippen LogP contribution is -2.73. The zero-order chi connectivity index (χ0) is 19.6. The number of rotatable bonds is 2. The van der Waals surface area contributed by atoms with Gasteiger partial charge in [-0.3, -0.25) is 14.5 Å². The zero-order valence-corrected chi connectivity index (χ0v) is 16.9. The minimum absolute atomic E-state index is 0.314. The predicted octanol–water partition coefficient (Wildman–Crippen LogP) is 1.98. The fraction of sp³-hybridized carbons (Fsp3) is 0.400. The van der Waals surface area contributed by atoms with Gasteiger partial charge in [-0.05, 0) is 30.8 Å². The van der Waals surface area contributed by atoms with Gasteiger partial charge in [0.2, 0.25) is 5.95 Å². The Morgan fingerprint density at radius 2 is 1.83 bits per heavy atom. The molecule has 0 N–H and O–H groups in total. The third kappa shape index (κ3) is 2.70. The summed E-state index contributed by atoms with van der Waals surface area (Å²) in [7, 11) is 2.10. The molecule has 1 spiro atoms. The van der Waals surface area contributed by atoms with Crippen molar-refractivity contribution in [2.24, 2.45) is 5.41 Å². The Morgan fingerprint density at radius 3 is 2.62 bits per heavy atom. The highest BCUT2D eigenvalue weighted by molar-refractivity contribution is 6.30. The average molecular weight is 409 g/mol. The molecule has 0 radical (unpaired) electrons. The highest BCUT2D eigenvalue weighted by Gasteiger charge is 2.53. The van der Waals surface area contributed by atoms with E-state index in [1.165, 1.54) is 5.56 Å². The molecule has 1 aromatic carbocycles. The molecule has 29 heavy (non-hydrogen) atoms. The Balaban J connectivity index is 1.25. The van der Waals surface area contributed by atoms with Crippen molar-refractivity contribution in [1.29, 1.82) is 0 Å². The number of halogens is 1. The van der Waals surface area contributed by atoms with E-state index in [-0.39, 0.29) is 0 Å². The van der Waals surface area contributed by atoms with Gasteiger partial charge in [0.1, 0.15) is 5.82 Å². The fourth-order valence-corrected chi connectivity index (χ4v) is 5.03. The number of hydrogen-bond acceptors (Lipinski definition) is 7. The van der Waals surface area contributed by atoms with Crippen LogP contribution in [0.3, 0.4) is 0 Å². The van der Waals surface area contributed by atoms with Crippen molar-refractivity contribution in [2.45, 2.75) is 13.1 Å². The molecule has 8 nitrogen and oxygen atoms in total. The molecule has 6 rings (SSSR count). The average Bonchev–Trinajstić information content (AvgIpc) is 2.97. The van der Waals surface area contributed by atoms with Gasteiger partial charge in [-0.25, -0.2) is 4.98 Å². The van der Waals surface area contributed by atoms with Crippen LogP contribution >= 0.6 is 11.6 Å². The van der Waals surface area contributed by atoms with Gasteiger partial charge in [0, 0.05) is 55.6 Å². The molecule has 148 valence electrons. The van der Waals surface area contributed by atoms with Gasteiger partial charge in [0.15, 0.2) is 5.82 Å². The smallest absolute Gasteiger partial charge is 0.231 e. The van der Waals surface area contributed by atoms with Gasteiger partial charge in [-0.1, -0.05) is 11.6 Å². The second-order valence-corrected chi connectivity index (χ2v) is 8.91. The molecule has 0 atom stereocenters. The van der Waals surface area contributed by atoms with Crippen LogP contribution in [0.5, 0.6) is 0 Å². The Labute approximate surface area is 173 Å². The molecule has 3 aliphatic heterocycles. The highest BCUT2D eigenvalue weighted by atomic mass is 35.5. The molecule has 0 unspecified atom stereocenters. The van der Waals surface area contributed by atoms with Crippen LogP contribution in [0.15, 0.2) is 36.8 Å². The van der Waals surface area contributed by atoms with Crippen LogP contribution < -0.4 is 9.80 Å². The molecule has 3 aromatic rings. The molecule has 0 saturated carbocycles. The molecule has 3 aliphatic rings. The van der Waals surface area contributed by atoms with E-state index in [1.807, 2.05) is 12.3 Å². The molecule has 5 heterocycles. The van der Waals surface area contributed by atoms with E-state index in [0.717, 1.165) is 67.6 Å². The van der Waals surface area contributed by atoms with Crippen LogP contribution in [-0.4, -0.2) is 62.9 Å². The highest BCUT2D eigenvalue weighted by Crippen LogP contribution is 2.43. The maximum Gasteiger partial charge on any atom is 0.231 e. The van der Waals surface area contributed by atoms with Crippen molar-refractivity contribution in [3.63, 3.8) is 0 Å². The van der Waals surface area contributed by atoms with E-state index in [9.17, 15) is 0 Å². The summed E-state index contributed by atoms with van der Waals surface area (Å²) in [5.41, 5.74) is 2.64. The summed E-state index contributed by atoms with van der Waals surface area (Å²) in [5.74, 6) is 2.86. The van der Waals surface area contributed by atoms with Crippen LogP contribution in [0, 0.1) is 5.41 Å². The monoisotopic (exact) mass is 408 g/mol. The second kappa shape index (κ2) is 6.14. The van der Waals surface area contributed by atoms with Crippen molar-refractivity contribution >= 4 is 23.4 Å². The summed E-state index contributed by atoms with van der Waals surface area (Å²) in [6.45, 7) is 5.60. The first-order valence-corrected chi connectivity index (χ1v) is 10.2. The maximum atomic E-state index is 6.26. The van der Waals surface area contributed by atoms with E-state index in [2.05, 4.69) is 58.6 Å². The Kier molecular flexibility index (Phi) is 3.64. The molecule has 0 amide bonds. The lowest BCUT2D eigenvalue weighted by molar-refractivity contribution is 0.153. The topological polar surface area (TPSA) is 66.2 Å². The van der Waals surface area contributed by atoms with E-state index < -0.39 is 0 Å². The standard InChI is InChI=1S/C20H21ClN8/c1-26-8-14-6-15(21)2-3-16(14)29-18(9-26)24-25-19(29)28-12-20(13-28)10-27(11-20)17-7-22-4-5-23-17/h2-7H,8-13H2,1H3. The van der Waals surface area contributed by atoms with Gasteiger partial charge in [-0.15, -0.1) is 10.2 Å². The molecule has 2 aromatic heterocycles. The summed E-state index contributed by atoms with van der Waals surface area (Å²) in [6.07, 6.45) is 5.30. The van der Waals surface area contributed by atoms with E-state index in [4.69, 9.17) is 11.6 Å². The number of benzene rings is 1. The first-order chi connectivity index (χ1) is 14.1. The van der Waals surface area contributed by atoms with Crippen LogP contribution in [0.2, 0.25) is 5.02 Å². The number of aromatic nitrogens is 5. The summed E-state index contributed by atoms with van der Waals surface area (Å²) in [5, 5.41) is 9.84. The Morgan fingerprint density at radius 1 is 1.00 bits per heavy atom. The Hall–Kier alpha value is -2.71. The SMILES string of the molecule is CN1Cc2cc(Cl)ccc2-n2c(nnc2N2CC3(CN(c4cnccn4)C3)C2)C1. The number of hydrogen-bond donors (Lipinski definition) is 0. The van der Waals surface area contributed by atoms with Crippen molar-refractivity contribution in [3.8, 4) is 5.69 Å². The third-order valence-electron chi connectivity index (χ3n) is 6.11. The molecule has 9 heteroatoms. The maximum absolute atomic E-state index is 6.26. The lowest BCUT2D eigenvalue weighted by Gasteiger charge is -2.60. The van der Waals surface area contributed by atoms with E-state index in [1.54, 1.807) is 12.4 Å². The number of fused-ring (bicyclic) bond motifs is 3. The van der Waals surface area contributed by atoms with Crippen molar-refractivity contribution in [1.82, 2.24) is 29.6 Å². The largest absolute Gasteiger partial charge is 0.354 e. The summed E-state index contributed by atoms with van der Waals surface area (Å²) in [4.78, 5) is 15.5. The second-order valence-electron chi connectivity index (χ2n) is 8.47. The minimum Gasteiger partial charge on any atom is -0.354 e. The molecule has 0 bridgehead atoms. The van der Waals surface area contributed by atoms with Gasteiger partial charge >= 0.3 is 0 Å². The van der Waals surface area contributed by atoms with Crippen molar-refractivity contribution < 1.29 is 0 Å². The van der Waals surface area contributed by atoms with E-state index in [0.29, 0.717) is 5.41 Å². The first-order valence-electron chi connectivity index (χ1n) is 9.78. The number of nitrogens with zero attached hydrogens (tertiary/aromatic N) is 8. The van der Waals surface area contributed by atoms with Crippen LogP contribution in [0.25, 0.3) is 5.69 Å². The lowest BCUT2D eigenvalue weighted by atomic mass is 9.73. The zero-order valence-electron chi connectivity index (χ0n) is 16.2. The molecule has 2 fully saturated rings. The van der Waals surface area contributed by atoms with Gasteiger partial charge < -0.3 is 9.80 Å². The molecular weight excluding hydrogens is 388 g/mol. The quantitative estimate of drug-likeness (QED) is 0.642. The molecule has 2 saturated heterocycles. The van der Waals surface area contributed by atoms with Gasteiger partial charge in [-0.2, -0.15) is 0 Å². The van der Waals surface area contributed by atoms with Crippen molar-refractivity contribution in [2.75, 3.05) is 43.0 Å². The summed E-state index contributed by atoms with van der Waals surface area (Å²) in [6, 6.07) is 6.08. The first kappa shape index (κ1) is 17.2. The normalized spacial score (nSPS) is 19.9. The summed E-state index contributed by atoms with van der Waals surface area (Å²) >= 11 is 6.26. The fourth-order valence-electron chi connectivity index (χ4n) is 4.83. The van der Waals surface area contributed by atoms with Gasteiger partial charge in [0.05, 0.1) is 18.4 Å². The predicted molar refractivity (Wildman–Crippen MR) is 110 cm³/mol. The number of anilines is 2. The molecular formula is C20H21ClN8.